The van der Waals surface area contributed by atoms with Crippen LogP contribution in [0.25, 0.3) is 0 Å². The Morgan fingerprint density at radius 3 is 2.85 bits per heavy atom. The molecule has 1 heterocycles. The maximum Gasteiger partial charge on any atom is 0.231 e. The molecule has 0 saturated heterocycles. The van der Waals surface area contributed by atoms with Gasteiger partial charge in [-0.1, -0.05) is 23.7 Å². The number of hydrogen-bond acceptors (Lipinski definition) is 4. The molecular formula is C15H13ClO4. The van der Waals surface area contributed by atoms with Gasteiger partial charge in [0.25, 0.3) is 0 Å². The lowest BCUT2D eigenvalue weighted by Crippen LogP contribution is -2.00. The van der Waals surface area contributed by atoms with Gasteiger partial charge in [0.2, 0.25) is 6.79 Å². The van der Waals surface area contributed by atoms with Crippen LogP contribution in [0.5, 0.6) is 17.2 Å². The Morgan fingerprint density at radius 2 is 2.05 bits per heavy atom. The van der Waals surface area contributed by atoms with Gasteiger partial charge in [-0.2, -0.15) is 0 Å². The summed E-state index contributed by atoms with van der Waals surface area (Å²) >= 11 is 6.12. The van der Waals surface area contributed by atoms with Gasteiger partial charge in [0.05, 0.1) is 12.1 Å². The number of aliphatic hydroxyl groups is 1. The lowest BCUT2D eigenvalue weighted by molar-refractivity contribution is 0.173. The molecule has 0 bridgehead atoms. The SMILES string of the molecule is COc1cccc(C(O)c2cc(Cl)c3c(c2)OCO3)c1. The molecule has 5 heteroatoms. The summed E-state index contributed by atoms with van der Waals surface area (Å²) in [6.07, 6.45) is -0.808. The normalized spacial score (nSPS) is 14.2. The van der Waals surface area contributed by atoms with Gasteiger partial charge in [0.1, 0.15) is 11.9 Å². The van der Waals surface area contributed by atoms with Crippen LogP contribution in [0.4, 0.5) is 0 Å². The van der Waals surface area contributed by atoms with Crippen molar-refractivity contribution in [3.05, 3.63) is 52.5 Å². The molecule has 3 rings (SSSR count). The van der Waals surface area contributed by atoms with Crippen molar-refractivity contribution in [3.8, 4) is 17.2 Å². The number of halogens is 1. The van der Waals surface area contributed by atoms with Gasteiger partial charge in [-0.05, 0) is 35.4 Å². The number of rotatable bonds is 3. The first kappa shape index (κ1) is 13.1. The average Bonchev–Trinajstić information content (AvgIpc) is 2.95. The van der Waals surface area contributed by atoms with Gasteiger partial charge >= 0.3 is 0 Å². The van der Waals surface area contributed by atoms with E-state index in [1.165, 1.54) is 0 Å². The van der Waals surface area contributed by atoms with Crippen LogP contribution in [0.15, 0.2) is 36.4 Å². The number of hydrogen-bond donors (Lipinski definition) is 1. The summed E-state index contributed by atoms with van der Waals surface area (Å²) in [7, 11) is 1.59. The van der Waals surface area contributed by atoms with E-state index >= 15 is 0 Å². The zero-order chi connectivity index (χ0) is 14.1. The van der Waals surface area contributed by atoms with Crippen LogP contribution >= 0.6 is 11.6 Å². The predicted molar refractivity (Wildman–Crippen MR) is 74.6 cm³/mol. The first-order valence-corrected chi connectivity index (χ1v) is 6.48. The second-order valence-electron chi connectivity index (χ2n) is 4.42. The molecule has 0 amide bonds. The molecule has 2 aromatic carbocycles. The third kappa shape index (κ3) is 2.28. The molecule has 0 aromatic heterocycles. The fraction of sp³-hybridized carbons (Fsp3) is 0.200. The largest absolute Gasteiger partial charge is 0.497 e. The summed E-state index contributed by atoms with van der Waals surface area (Å²) in [5.74, 6) is 1.76. The van der Waals surface area contributed by atoms with Crippen LogP contribution in [0.1, 0.15) is 17.2 Å². The Labute approximate surface area is 121 Å². The summed E-state index contributed by atoms with van der Waals surface area (Å²) in [5, 5.41) is 10.9. The van der Waals surface area contributed by atoms with Crippen LogP contribution in [-0.2, 0) is 0 Å². The summed E-state index contributed by atoms with van der Waals surface area (Å²) in [6.45, 7) is 0.147. The summed E-state index contributed by atoms with van der Waals surface area (Å²) in [4.78, 5) is 0. The van der Waals surface area contributed by atoms with E-state index in [-0.39, 0.29) is 6.79 Å². The number of benzene rings is 2. The van der Waals surface area contributed by atoms with Crippen LogP contribution in [0, 0.1) is 0 Å². The molecular weight excluding hydrogens is 280 g/mol. The van der Waals surface area contributed by atoms with Gasteiger partial charge < -0.3 is 19.3 Å². The lowest BCUT2D eigenvalue weighted by Gasteiger charge is -2.13. The standard InChI is InChI=1S/C15H13ClO4/c1-18-11-4-2-3-9(5-11)14(17)10-6-12(16)15-13(7-10)19-8-20-15/h2-7,14,17H,8H2,1H3. The summed E-state index contributed by atoms with van der Waals surface area (Å²) in [6, 6.07) is 10.7. The van der Waals surface area contributed by atoms with Gasteiger partial charge in [-0.15, -0.1) is 0 Å². The van der Waals surface area contributed by atoms with Crippen molar-refractivity contribution in [1.29, 1.82) is 0 Å². The fourth-order valence-electron chi connectivity index (χ4n) is 2.15. The van der Waals surface area contributed by atoms with E-state index in [0.717, 1.165) is 5.56 Å². The first-order valence-electron chi connectivity index (χ1n) is 6.10. The molecule has 1 unspecified atom stereocenters. The first-order chi connectivity index (χ1) is 9.69. The highest BCUT2D eigenvalue weighted by atomic mass is 35.5. The van der Waals surface area contributed by atoms with Crippen molar-refractivity contribution in [3.63, 3.8) is 0 Å². The molecule has 1 N–H and O–H groups in total. The number of ether oxygens (including phenoxy) is 3. The van der Waals surface area contributed by atoms with Gasteiger partial charge in [0, 0.05) is 0 Å². The molecule has 104 valence electrons. The molecule has 0 spiro atoms. The third-order valence-corrected chi connectivity index (χ3v) is 3.46. The minimum Gasteiger partial charge on any atom is -0.497 e. The second kappa shape index (κ2) is 5.23. The van der Waals surface area contributed by atoms with Crippen molar-refractivity contribution in [2.24, 2.45) is 0 Å². The molecule has 1 aliphatic rings. The molecule has 2 aromatic rings. The molecule has 4 nitrogen and oxygen atoms in total. The Balaban J connectivity index is 1.98. The monoisotopic (exact) mass is 292 g/mol. The maximum atomic E-state index is 10.5. The van der Waals surface area contributed by atoms with E-state index in [4.69, 9.17) is 25.8 Å². The highest BCUT2D eigenvalue weighted by Crippen LogP contribution is 2.42. The summed E-state index contributed by atoms with van der Waals surface area (Å²) < 4.78 is 15.7. The molecule has 1 aliphatic heterocycles. The zero-order valence-electron chi connectivity index (χ0n) is 10.8. The van der Waals surface area contributed by atoms with Gasteiger partial charge in [-0.3, -0.25) is 0 Å². The maximum absolute atomic E-state index is 10.5. The van der Waals surface area contributed by atoms with E-state index in [2.05, 4.69) is 0 Å². The molecule has 0 saturated carbocycles. The number of fused-ring (bicyclic) bond motifs is 1. The topological polar surface area (TPSA) is 47.9 Å². The highest BCUT2D eigenvalue weighted by Gasteiger charge is 2.21. The van der Waals surface area contributed by atoms with Crippen LogP contribution < -0.4 is 14.2 Å². The van der Waals surface area contributed by atoms with Crippen LogP contribution in [0.3, 0.4) is 0 Å². The molecule has 1 atom stereocenters. The average molecular weight is 293 g/mol. The van der Waals surface area contributed by atoms with Crippen molar-refractivity contribution in [1.82, 2.24) is 0 Å². The number of methoxy groups -OCH3 is 1. The van der Waals surface area contributed by atoms with Gasteiger partial charge in [-0.25, -0.2) is 0 Å². The van der Waals surface area contributed by atoms with Crippen molar-refractivity contribution < 1.29 is 19.3 Å². The van der Waals surface area contributed by atoms with Crippen LogP contribution in [0.2, 0.25) is 5.02 Å². The number of aliphatic hydroxyl groups excluding tert-OH is 1. The third-order valence-electron chi connectivity index (χ3n) is 3.17. The van der Waals surface area contributed by atoms with E-state index in [0.29, 0.717) is 27.8 Å². The Morgan fingerprint density at radius 1 is 1.20 bits per heavy atom. The zero-order valence-corrected chi connectivity index (χ0v) is 11.6. The molecule has 0 radical (unpaired) electrons. The van der Waals surface area contributed by atoms with Crippen LogP contribution in [-0.4, -0.2) is 19.0 Å². The Bertz CT molecular complexity index is 642. The summed E-state index contributed by atoms with van der Waals surface area (Å²) in [5.41, 5.74) is 1.37. The van der Waals surface area contributed by atoms with Crippen molar-refractivity contribution in [2.45, 2.75) is 6.10 Å². The lowest BCUT2D eigenvalue weighted by atomic mass is 10.0. The second-order valence-corrected chi connectivity index (χ2v) is 4.82. The van der Waals surface area contributed by atoms with Crippen molar-refractivity contribution >= 4 is 11.6 Å². The highest BCUT2D eigenvalue weighted by molar-refractivity contribution is 6.32. The fourth-order valence-corrected chi connectivity index (χ4v) is 2.42. The molecule has 0 fully saturated rings. The van der Waals surface area contributed by atoms with Crippen molar-refractivity contribution in [2.75, 3.05) is 13.9 Å². The smallest absolute Gasteiger partial charge is 0.231 e. The Kier molecular flexibility index (Phi) is 3.42. The quantitative estimate of drug-likeness (QED) is 0.944. The predicted octanol–water partition coefficient (Wildman–Crippen LogP) is 3.16. The van der Waals surface area contributed by atoms with E-state index in [9.17, 15) is 5.11 Å². The minimum atomic E-state index is -0.808. The van der Waals surface area contributed by atoms with E-state index in [1.54, 1.807) is 25.3 Å². The molecule has 0 aliphatic carbocycles. The Hall–Kier alpha value is -1.91. The van der Waals surface area contributed by atoms with E-state index in [1.807, 2.05) is 18.2 Å². The minimum absolute atomic E-state index is 0.147. The van der Waals surface area contributed by atoms with Gasteiger partial charge in [0.15, 0.2) is 11.5 Å². The molecule has 20 heavy (non-hydrogen) atoms. The van der Waals surface area contributed by atoms with E-state index < -0.39 is 6.10 Å².